The fourth-order valence-electron chi connectivity index (χ4n) is 3.84. The van der Waals surface area contributed by atoms with Gasteiger partial charge in [0.2, 0.25) is 11.8 Å². The number of allylic oxidation sites excluding steroid dienone is 2. The van der Waals surface area contributed by atoms with E-state index in [2.05, 4.69) is 34.1 Å². The lowest BCUT2D eigenvalue weighted by Crippen LogP contribution is -3.00. The number of halogens is 1. The van der Waals surface area contributed by atoms with Crippen molar-refractivity contribution in [1.29, 1.82) is 0 Å². The van der Waals surface area contributed by atoms with Crippen molar-refractivity contribution in [3.63, 3.8) is 0 Å². The summed E-state index contributed by atoms with van der Waals surface area (Å²) in [5, 5.41) is 0. The summed E-state index contributed by atoms with van der Waals surface area (Å²) >= 11 is 0. The van der Waals surface area contributed by atoms with Crippen LogP contribution in [-0.2, 0) is 16.1 Å². The summed E-state index contributed by atoms with van der Waals surface area (Å²) in [6.07, 6.45) is 3.48. The number of likely N-dealkylation sites (N-methyl/N-ethyl adjacent to an activating group) is 1. The Labute approximate surface area is 203 Å². The third kappa shape index (κ3) is 5.63. The Morgan fingerprint density at radius 1 is 0.935 bits per heavy atom. The average molecular weight is 539 g/mol. The van der Waals surface area contributed by atoms with Gasteiger partial charge in [0, 0.05) is 0 Å². The zero-order chi connectivity index (χ0) is 22.4. The molecule has 0 atom stereocenters. The number of rotatable bonds is 11. The van der Waals surface area contributed by atoms with Crippen LogP contribution in [0.4, 0.5) is 4.79 Å². The standard InChI is InChI=1S/C24H34N3O3.HI/c1-6-15-24(16-7-2)21(28)25(17-18-27(5,8-3)9-4)23(30)26(22(24)29)19-20-13-11-10-12-14-20;/h6-7,10-14H,1-2,8-9,15-19H2,3-5H3;1H/q+1;/p-1. The summed E-state index contributed by atoms with van der Waals surface area (Å²) in [4.78, 5) is 42.7. The van der Waals surface area contributed by atoms with E-state index in [4.69, 9.17) is 0 Å². The van der Waals surface area contributed by atoms with Gasteiger partial charge < -0.3 is 28.5 Å². The molecule has 0 aromatic heterocycles. The van der Waals surface area contributed by atoms with Crippen LogP contribution in [-0.4, -0.2) is 65.4 Å². The third-order valence-corrected chi connectivity index (χ3v) is 6.33. The minimum Gasteiger partial charge on any atom is -1.00 e. The zero-order valence-corrected chi connectivity index (χ0v) is 21.0. The molecular formula is C24H34IN3O3. The number of quaternary nitrogens is 1. The second-order valence-corrected chi connectivity index (χ2v) is 8.16. The van der Waals surface area contributed by atoms with Gasteiger partial charge >= 0.3 is 6.03 Å². The van der Waals surface area contributed by atoms with E-state index in [9.17, 15) is 14.4 Å². The number of barbiturate groups is 1. The molecule has 1 aromatic carbocycles. The van der Waals surface area contributed by atoms with Crippen molar-refractivity contribution in [3.8, 4) is 0 Å². The number of nitrogens with zero attached hydrogens (tertiary/aromatic N) is 3. The van der Waals surface area contributed by atoms with Crippen LogP contribution in [0.3, 0.4) is 0 Å². The molecule has 1 aliphatic rings. The molecule has 170 valence electrons. The molecule has 31 heavy (non-hydrogen) atoms. The molecule has 1 aliphatic heterocycles. The highest BCUT2D eigenvalue weighted by molar-refractivity contribution is 6.19. The normalized spacial score (nSPS) is 16.2. The van der Waals surface area contributed by atoms with E-state index < -0.39 is 23.3 Å². The molecule has 0 bridgehead atoms. The Hall–Kier alpha value is -2.00. The van der Waals surface area contributed by atoms with E-state index in [-0.39, 0.29) is 49.9 Å². The number of hydrogen-bond acceptors (Lipinski definition) is 3. The Balaban J connectivity index is 0.00000480. The van der Waals surface area contributed by atoms with Crippen LogP contribution in [0, 0.1) is 5.41 Å². The van der Waals surface area contributed by atoms with E-state index in [1.54, 1.807) is 12.2 Å². The summed E-state index contributed by atoms with van der Waals surface area (Å²) in [5.74, 6) is -0.916. The predicted octanol–water partition coefficient (Wildman–Crippen LogP) is 0.606. The molecule has 1 saturated heterocycles. The fraction of sp³-hybridized carbons (Fsp3) is 0.458. The fourth-order valence-corrected chi connectivity index (χ4v) is 3.84. The highest BCUT2D eigenvalue weighted by Crippen LogP contribution is 2.37. The van der Waals surface area contributed by atoms with Gasteiger partial charge in [-0.1, -0.05) is 42.5 Å². The molecule has 0 N–H and O–H groups in total. The lowest BCUT2D eigenvalue weighted by Gasteiger charge is -2.44. The second kappa shape index (κ2) is 11.6. The van der Waals surface area contributed by atoms with Crippen LogP contribution in [0.15, 0.2) is 55.6 Å². The summed E-state index contributed by atoms with van der Waals surface area (Å²) in [6, 6.07) is 8.80. The van der Waals surface area contributed by atoms with Crippen molar-refractivity contribution >= 4 is 17.8 Å². The first-order chi connectivity index (χ1) is 14.3. The second-order valence-electron chi connectivity index (χ2n) is 8.16. The van der Waals surface area contributed by atoms with E-state index >= 15 is 0 Å². The van der Waals surface area contributed by atoms with Crippen LogP contribution < -0.4 is 24.0 Å². The van der Waals surface area contributed by atoms with Gasteiger partial charge in [-0.05, 0) is 32.3 Å². The maximum absolute atomic E-state index is 13.5. The molecule has 2 rings (SSSR count). The molecule has 1 aromatic rings. The van der Waals surface area contributed by atoms with Crippen LogP contribution in [0.5, 0.6) is 0 Å². The van der Waals surface area contributed by atoms with E-state index in [0.717, 1.165) is 23.1 Å². The summed E-state index contributed by atoms with van der Waals surface area (Å²) < 4.78 is 0.736. The van der Waals surface area contributed by atoms with Crippen LogP contribution >= 0.6 is 0 Å². The van der Waals surface area contributed by atoms with Crippen molar-refractivity contribution in [2.45, 2.75) is 33.2 Å². The minimum atomic E-state index is -1.37. The molecule has 1 fully saturated rings. The van der Waals surface area contributed by atoms with Crippen LogP contribution in [0.1, 0.15) is 32.3 Å². The van der Waals surface area contributed by atoms with Gasteiger partial charge in [-0.3, -0.25) is 19.4 Å². The molecule has 6 nitrogen and oxygen atoms in total. The number of carbonyl (C=O) groups excluding carboxylic acids is 3. The largest absolute Gasteiger partial charge is 1.00 e. The highest BCUT2D eigenvalue weighted by atomic mass is 127. The van der Waals surface area contributed by atoms with E-state index in [0.29, 0.717) is 6.54 Å². The maximum Gasteiger partial charge on any atom is 0.333 e. The molecule has 0 unspecified atom stereocenters. The van der Waals surface area contributed by atoms with Crippen molar-refractivity contribution in [2.24, 2.45) is 5.41 Å². The molecule has 0 saturated carbocycles. The van der Waals surface area contributed by atoms with Crippen molar-refractivity contribution in [2.75, 3.05) is 33.2 Å². The van der Waals surface area contributed by atoms with Crippen molar-refractivity contribution < 1.29 is 42.8 Å². The topological polar surface area (TPSA) is 57.7 Å². The van der Waals surface area contributed by atoms with Crippen LogP contribution in [0.25, 0.3) is 0 Å². The van der Waals surface area contributed by atoms with Gasteiger partial charge in [0.25, 0.3) is 0 Å². The molecule has 4 amide bonds. The Morgan fingerprint density at radius 2 is 1.45 bits per heavy atom. The Kier molecular flexibility index (Phi) is 10.1. The first kappa shape index (κ1) is 27.0. The van der Waals surface area contributed by atoms with Gasteiger partial charge in [-0.25, -0.2) is 4.79 Å². The van der Waals surface area contributed by atoms with Gasteiger partial charge in [-0.2, -0.15) is 0 Å². The summed E-state index contributed by atoms with van der Waals surface area (Å²) in [7, 11) is 2.10. The average Bonchev–Trinajstić information content (AvgIpc) is 2.76. The summed E-state index contributed by atoms with van der Waals surface area (Å²) in [6.45, 7) is 14.5. The molecular weight excluding hydrogens is 505 g/mol. The molecule has 0 spiro atoms. The monoisotopic (exact) mass is 539 g/mol. The lowest BCUT2D eigenvalue weighted by molar-refractivity contribution is -0.905. The zero-order valence-electron chi connectivity index (χ0n) is 18.8. The maximum atomic E-state index is 13.5. The SMILES string of the molecule is C=CCC1(CC=C)C(=O)N(CC[N+](C)(CC)CC)C(=O)N(Cc2ccccc2)C1=O.[I-]. The number of benzene rings is 1. The van der Waals surface area contributed by atoms with Gasteiger partial charge in [0.1, 0.15) is 5.41 Å². The quantitative estimate of drug-likeness (QED) is 0.179. The van der Waals surface area contributed by atoms with Gasteiger partial charge in [-0.15, -0.1) is 13.2 Å². The Bertz CT molecular complexity index is 796. The first-order valence-electron chi connectivity index (χ1n) is 10.6. The summed E-state index contributed by atoms with van der Waals surface area (Å²) in [5.41, 5.74) is -0.532. The van der Waals surface area contributed by atoms with E-state index in [1.807, 2.05) is 30.3 Å². The number of amides is 4. The number of carbonyl (C=O) groups is 3. The van der Waals surface area contributed by atoms with Crippen molar-refractivity contribution in [3.05, 3.63) is 61.2 Å². The first-order valence-corrected chi connectivity index (χ1v) is 10.6. The van der Waals surface area contributed by atoms with Crippen molar-refractivity contribution in [1.82, 2.24) is 9.80 Å². The van der Waals surface area contributed by atoms with Gasteiger partial charge in [0.15, 0.2) is 0 Å². The number of hydrogen-bond donors (Lipinski definition) is 0. The smallest absolute Gasteiger partial charge is 0.333 e. The van der Waals surface area contributed by atoms with Gasteiger partial charge in [0.05, 0.1) is 39.8 Å². The van der Waals surface area contributed by atoms with Crippen LogP contribution in [0.2, 0.25) is 0 Å². The predicted molar refractivity (Wildman–Crippen MR) is 118 cm³/mol. The van der Waals surface area contributed by atoms with E-state index in [1.165, 1.54) is 9.80 Å². The lowest BCUT2D eigenvalue weighted by atomic mass is 9.76. The molecule has 7 heteroatoms. The molecule has 0 aliphatic carbocycles. The third-order valence-electron chi connectivity index (χ3n) is 6.33. The minimum absolute atomic E-state index is 0. The Morgan fingerprint density at radius 3 is 1.94 bits per heavy atom. The molecule has 0 radical (unpaired) electrons. The number of imide groups is 2. The number of urea groups is 1. The molecule has 1 heterocycles. The highest BCUT2D eigenvalue weighted by Gasteiger charge is 2.56.